The normalized spacial score (nSPS) is 17.5. The van der Waals surface area contributed by atoms with Crippen LogP contribution in [0.5, 0.6) is 0 Å². The first kappa shape index (κ1) is 13.1. The average Bonchev–Trinajstić information content (AvgIpc) is 2.48. The molecule has 0 fully saturated rings. The molecule has 0 aliphatic heterocycles. The molecule has 1 unspecified atom stereocenters. The number of aryl methyl sites for hydroxylation is 1. The summed E-state index contributed by atoms with van der Waals surface area (Å²) in [7, 11) is 0. The van der Waals surface area contributed by atoms with Gasteiger partial charge < -0.3 is 0 Å². The first-order valence-electron chi connectivity index (χ1n) is 7.46. The highest BCUT2D eigenvalue weighted by Crippen LogP contribution is 2.34. The van der Waals surface area contributed by atoms with Crippen molar-refractivity contribution in [1.82, 2.24) is 0 Å². The van der Waals surface area contributed by atoms with E-state index in [1.54, 1.807) is 0 Å². The highest BCUT2D eigenvalue weighted by atomic mass is 16.1. The predicted octanol–water partition coefficient (Wildman–Crippen LogP) is 4.31. The summed E-state index contributed by atoms with van der Waals surface area (Å²) < 4.78 is 0. The van der Waals surface area contributed by atoms with Crippen molar-refractivity contribution < 1.29 is 4.79 Å². The topological polar surface area (TPSA) is 17.1 Å². The quantitative estimate of drug-likeness (QED) is 0.804. The molecule has 0 bridgehead atoms. The third-order valence-electron chi connectivity index (χ3n) is 4.21. The van der Waals surface area contributed by atoms with Gasteiger partial charge in [-0.05, 0) is 41.9 Å². The summed E-state index contributed by atoms with van der Waals surface area (Å²) in [6, 6.07) is 18.7. The summed E-state index contributed by atoms with van der Waals surface area (Å²) in [4.78, 5) is 12.3. The molecule has 1 aliphatic rings. The molecule has 2 aromatic carbocycles. The molecule has 1 nitrogen and oxygen atoms in total. The fourth-order valence-electron chi connectivity index (χ4n) is 3.24. The van der Waals surface area contributed by atoms with Crippen LogP contribution in [0, 0.1) is 0 Å². The molecule has 20 heavy (non-hydrogen) atoms. The van der Waals surface area contributed by atoms with Crippen LogP contribution in [0.1, 0.15) is 41.9 Å². The molecule has 1 aliphatic carbocycles. The lowest BCUT2D eigenvalue weighted by Crippen LogP contribution is -2.15. The van der Waals surface area contributed by atoms with Gasteiger partial charge in [-0.3, -0.25) is 4.79 Å². The number of carbonyl (C=O) groups excluding carboxylic acids is 1. The Bertz CT molecular complexity index is 586. The Labute approximate surface area is 120 Å². The van der Waals surface area contributed by atoms with Gasteiger partial charge in [-0.2, -0.15) is 0 Å². The number of carbonyl (C=O) groups is 1. The second-order valence-corrected chi connectivity index (χ2v) is 5.69. The molecule has 1 heteroatoms. The van der Waals surface area contributed by atoms with Crippen LogP contribution in [0.4, 0.5) is 0 Å². The average molecular weight is 264 g/mol. The number of hydrogen-bond acceptors (Lipinski definition) is 1. The molecule has 0 N–H and O–H groups in total. The Kier molecular flexibility index (Phi) is 3.96. The highest BCUT2D eigenvalue weighted by Gasteiger charge is 2.22. The van der Waals surface area contributed by atoms with E-state index >= 15 is 0 Å². The van der Waals surface area contributed by atoms with Crippen molar-refractivity contribution in [3.8, 4) is 0 Å². The van der Waals surface area contributed by atoms with Gasteiger partial charge in [0.15, 0.2) is 0 Å². The van der Waals surface area contributed by atoms with E-state index in [1.165, 1.54) is 24.0 Å². The molecular weight excluding hydrogens is 244 g/mol. The Morgan fingerprint density at radius 3 is 2.60 bits per heavy atom. The van der Waals surface area contributed by atoms with E-state index in [-0.39, 0.29) is 0 Å². The zero-order chi connectivity index (χ0) is 13.8. The fourth-order valence-corrected chi connectivity index (χ4v) is 3.24. The van der Waals surface area contributed by atoms with Crippen molar-refractivity contribution >= 4 is 5.78 Å². The van der Waals surface area contributed by atoms with Gasteiger partial charge in [-0.1, -0.05) is 54.6 Å². The number of ketones is 1. The molecule has 0 heterocycles. The van der Waals surface area contributed by atoms with Gasteiger partial charge in [0, 0.05) is 12.8 Å². The summed E-state index contributed by atoms with van der Waals surface area (Å²) in [5, 5.41) is 0. The van der Waals surface area contributed by atoms with Crippen LogP contribution < -0.4 is 0 Å². The van der Waals surface area contributed by atoms with Crippen molar-refractivity contribution in [2.24, 2.45) is 0 Å². The largest absolute Gasteiger partial charge is 0.299 e. The lowest BCUT2D eigenvalue weighted by Gasteiger charge is -2.25. The standard InChI is InChI=1S/C19H20O/c20-18(13-15-7-2-1-3-8-15)14-17-11-6-10-16-9-4-5-12-19(16)17/h1-5,7-9,12,17H,6,10-11,13-14H2. The van der Waals surface area contributed by atoms with Crippen LogP contribution in [-0.2, 0) is 17.6 Å². The predicted molar refractivity (Wildman–Crippen MR) is 81.9 cm³/mol. The molecule has 0 amide bonds. The number of rotatable bonds is 4. The Balaban J connectivity index is 1.68. The molecule has 3 rings (SSSR count). The van der Waals surface area contributed by atoms with E-state index in [2.05, 4.69) is 24.3 Å². The van der Waals surface area contributed by atoms with Crippen molar-refractivity contribution in [2.75, 3.05) is 0 Å². The van der Waals surface area contributed by atoms with Crippen LogP contribution in [0.2, 0.25) is 0 Å². The maximum Gasteiger partial charge on any atom is 0.137 e. The monoisotopic (exact) mass is 264 g/mol. The van der Waals surface area contributed by atoms with Gasteiger partial charge in [-0.15, -0.1) is 0 Å². The van der Waals surface area contributed by atoms with Crippen molar-refractivity contribution in [3.63, 3.8) is 0 Å². The zero-order valence-corrected chi connectivity index (χ0v) is 11.7. The van der Waals surface area contributed by atoms with Gasteiger partial charge in [0.05, 0.1) is 0 Å². The number of hydrogen-bond donors (Lipinski definition) is 0. The highest BCUT2D eigenvalue weighted by molar-refractivity contribution is 5.81. The zero-order valence-electron chi connectivity index (χ0n) is 11.7. The number of benzene rings is 2. The van der Waals surface area contributed by atoms with Crippen molar-refractivity contribution in [3.05, 3.63) is 71.3 Å². The van der Waals surface area contributed by atoms with Gasteiger partial charge in [0.2, 0.25) is 0 Å². The van der Waals surface area contributed by atoms with E-state index in [4.69, 9.17) is 0 Å². The Hall–Kier alpha value is -1.89. The van der Waals surface area contributed by atoms with Crippen LogP contribution in [0.15, 0.2) is 54.6 Å². The first-order chi connectivity index (χ1) is 9.83. The molecule has 0 saturated carbocycles. The maximum atomic E-state index is 12.3. The molecule has 102 valence electrons. The Morgan fingerprint density at radius 1 is 1.00 bits per heavy atom. The summed E-state index contributed by atoms with van der Waals surface area (Å²) in [6.07, 6.45) is 4.78. The molecule has 0 saturated heterocycles. The minimum atomic E-state index is 0.359. The van der Waals surface area contributed by atoms with Gasteiger partial charge in [0.25, 0.3) is 0 Å². The second-order valence-electron chi connectivity index (χ2n) is 5.69. The van der Waals surface area contributed by atoms with E-state index in [0.29, 0.717) is 24.5 Å². The minimum Gasteiger partial charge on any atom is -0.299 e. The third-order valence-corrected chi connectivity index (χ3v) is 4.21. The minimum absolute atomic E-state index is 0.359. The third kappa shape index (κ3) is 2.98. The van der Waals surface area contributed by atoms with Gasteiger partial charge in [-0.25, -0.2) is 0 Å². The number of fused-ring (bicyclic) bond motifs is 1. The van der Waals surface area contributed by atoms with Crippen molar-refractivity contribution in [2.45, 2.75) is 38.0 Å². The fraction of sp³-hybridized carbons (Fsp3) is 0.316. The molecule has 0 spiro atoms. The molecule has 2 aromatic rings. The van der Waals surface area contributed by atoms with Gasteiger partial charge >= 0.3 is 0 Å². The van der Waals surface area contributed by atoms with Crippen LogP contribution in [0.25, 0.3) is 0 Å². The van der Waals surface area contributed by atoms with Gasteiger partial charge in [0.1, 0.15) is 5.78 Å². The Morgan fingerprint density at radius 2 is 1.75 bits per heavy atom. The molecule has 0 radical (unpaired) electrons. The second kappa shape index (κ2) is 6.04. The summed E-state index contributed by atoms with van der Waals surface area (Å²) in [6.45, 7) is 0. The van der Waals surface area contributed by atoms with E-state index in [9.17, 15) is 4.79 Å². The first-order valence-corrected chi connectivity index (χ1v) is 7.46. The maximum absolute atomic E-state index is 12.3. The lowest BCUT2D eigenvalue weighted by molar-refractivity contribution is -0.118. The summed E-state index contributed by atoms with van der Waals surface area (Å²) >= 11 is 0. The van der Waals surface area contributed by atoms with E-state index < -0.39 is 0 Å². The lowest BCUT2D eigenvalue weighted by atomic mass is 9.80. The molecule has 0 aromatic heterocycles. The summed E-state index contributed by atoms with van der Waals surface area (Å²) in [5.41, 5.74) is 3.97. The molecular formula is C19H20O. The smallest absolute Gasteiger partial charge is 0.137 e. The van der Waals surface area contributed by atoms with Crippen LogP contribution in [-0.4, -0.2) is 5.78 Å². The van der Waals surface area contributed by atoms with Crippen molar-refractivity contribution in [1.29, 1.82) is 0 Å². The van der Waals surface area contributed by atoms with E-state index in [0.717, 1.165) is 12.0 Å². The SMILES string of the molecule is O=C(Cc1ccccc1)CC1CCCc2ccccc21. The number of Topliss-reactive ketones (excluding diaryl/α,β-unsaturated/α-hetero) is 1. The van der Waals surface area contributed by atoms with Crippen LogP contribution in [0.3, 0.4) is 0 Å². The van der Waals surface area contributed by atoms with E-state index in [1.807, 2.05) is 30.3 Å². The van der Waals surface area contributed by atoms with Crippen LogP contribution >= 0.6 is 0 Å². The molecule has 1 atom stereocenters. The summed E-state index contributed by atoms with van der Waals surface area (Å²) in [5.74, 6) is 0.786.